The maximum atomic E-state index is 11.6. The van der Waals surface area contributed by atoms with Gasteiger partial charge in [-0.3, -0.25) is 4.79 Å². The van der Waals surface area contributed by atoms with Crippen LogP contribution in [0, 0.1) is 0 Å². The van der Waals surface area contributed by atoms with Crippen LogP contribution in [-0.4, -0.2) is 51.6 Å². The lowest BCUT2D eigenvalue weighted by Crippen LogP contribution is -2.32. The Morgan fingerprint density at radius 3 is 2.50 bits per heavy atom. The fourth-order valence-electron chi connectivity index (χ4n) is 0.750. The van der Waals surface area contributed by atoms with Gasteiger partial charge in [0.2, 0.25) is 5.91 Å². The van der Waals surface area contributed by atoms with Crippen LogP contribution in [0.5, 0.6) is 0 Å². The van der Waals surface area contributed by atoms with Gasteiger partial charge in [-0.15, -0.1) is 0 Å². The molecule has 96 valence electrons. The fourth-order valence-corrected chi connectivity index (χ4v) is 0.750. The van der Waals surface area contributed by atoms with Crippen molar-refractivity contribution in [2.24, 2.45) is 5.73 Å². The molecule has 0 saturated carbocycles. The van der Waals surface area contributed by atoms with Crippen LogP contribution in [0.3, 0.4) is 0 Å². The number of carbonyl (C=O) groups excluding carboxylic acids is 1. The first kappa shape index (κ1) is 15.1. The molecule has 0 aliphatic heterocycles. The van der Waals surface area contributed by atoms with Crippen molar-refractivity contribution in [2.75, 3.05) is 39.5 Å². The molecule has 0 heterocycles. The number of rotatable bonds is 8. The lowest BCUT2D eigenvalue weighted by molar-refractivity contribution is -0.173. The van der Waals surface area contributed by atoms with E-state index in [1.165, 1.54) is 0 Å². The molecule has 0 aromatic rings. The van der Waals surface area contributed by atoms with E-state index in [2.05, 4.69) is 10.1 Å². The lowest BCUT2D eigenvalue weighted by atomic mass is 10.5. The number of hydrogen-bond donors (Lipinski definition) is 2. The summed E-state index contributed by atoms with van der Waals surface area (Å²) in [6.45, 7) is -1.08. The van der Waals surface area contributed by atoms with E-state index in [1.54, 1.807) is 0 Å². The second kappa shape index (κ2) is 8.31. The van der Waals surface area contributed by atoms with Gasteiger partial charge >= 0.3 is 6.18 Å². The summed E-state index contributed by atoms with van der Waals surface area (Å²) in [5.74, 6) is -0.413. The van der Waals surface area contributed by atoms with Gasteiger partial charge in [0.15, 0.2) is 0 Å². The molecule has 0 atom stereocenters. The van der Waals surface area contributed by atoms with E-state index in [0.29, 0.717) is 6.54 Å². The molecule has 0 rings (SSSR count). The summed E-state index contributed by atoms with van der Waals surface area (Å²) in [5.41, 5.74) is 5.11. The van der Waals surface area contributed by atoms with E-state index in [4.69, 9.17) is 10.5 Å². The van der Waals surface area contributed by atoms with Crippen molar-refractivity contribution in [1.82, 2.24) is 5.32 Å². The zero-order valence-electron chi connectivity index (χ0n) is 8.68. The highest BCUT2D eigenvalue weighted by atomic mass is 19.4. The monoisotopic (exact) mass is 244 g/mol. The van der Waals surface area contributed by atoms with E-state index >= 15 is 0 Å². The Labute approximate surface area is 91.1 Å². The highest BCUT2D eigenvalue weighted by molar-refractivity contribution is 5.77. The van der Waals surface area contributed by atoms with Crippen molar-refractivity contribution >= 4 is 5.91 Å². The summed E-state index contributed by atoms with van der Waals surface area (Å²) >= 11 is 0. The number of amides is 1. The molecule has 0 saturated heterocycles. The Hall–Kier alpha value is -0.860. The van der Waals surface area contributed by atoms with E-state index in [1.807, 2.05) is 0 Å². The Morgan fingerprint density at radius 1 is 1.25 bits per heavy atom. The van der Waals surface area contributed by atoms with Crippen molar-refractivity contribution in [2.45, 2.75) is 6.18 Å². The molecule has 16 heavy (non-hydrogen) atoms. The van der Waals surface area contributed by atoms with Gasteiger partial charge in [-0.05, 0) is 0 Å². The molecule has 5 nitrogen and oxygen atoms in total. The number of halogens is 3. The van der Waals surface area contributed by atoms with Gasteiger partial charge in [0, 0.05) is 13.1 Å². The third-order valence-electron chi connectivity index (χ3n) is 1.33. The fraction of sp³-hybridized carbons (Fsp3) is 0.875. The maximum Gasteiger partial charge on any atom is 0.411 e. The van der Waals surface area contributed by atoms with E-state index in [-0.39, 0.29) is 26.4 Å². The predicted molar refractivity (Wildman–Crippen MR) is 49.8 cm³/mol. The van der Waals surface area contributed by atoms with Gasteiger partial charge in [-0.1, -0.05) is 0 Å². The molecular weight excluding hydrogens is 229 g/mol. The Balaban J connectivity index is 3.28. The summed E-state index contributed by atoms with van der Waals surface area (Å²) in [4.78, 5) is 10.9. The van der Waals surface area contributed by atoms with Gasteiger partial charge < -0.3 is 20.5 Å². The second-order valence-corrected chi connectivity index (χ2v) is 2.86. The molecule has 0 bridgehead atoms. The number of carbonyl (C=O) groups is 1. The first-order chi connectivity index (χ1) is 7.45. The van der Waals surface area contributed by atoms with Crippen LogP contribution < -0.4 is 11.1 Å². The average Bonchev–Trinajstić information content (AvgIpc) is 2.16. The van der Waals surface area contributed by atoms with Crippen LogP contribution in [0.2, 0.25) is 0 Å². The molecule has 0 unspecified atom stereocenters. The molecule has 0 spiro atoms. The summed E-state index contributed by atoms with van der Waals surface area (Å²) in [7, 11) is 0. The topological polar surface area (TPSA) is 73.6 Å². The van der Waals surface area contributed by atoms with Crippen LogP contribution in [-0.2, 0) is 14.3 Å². The first-order valence-corrected chi connectivity index (χ1v) is 4.64. The Kier molecular flexibility index (Phi) is 7.86. The van der Waals surface area contributed by atoms with Gasteiger partial charge in [-0.25, -0.2) is 0 Å². The summed E-state index contributed by atoms with van der Waals surface area (Å²) in [5, 5.41) is 2.33. The molecule has 0 aromatic carbocycles. The number of nitrogens with two attached hydrogens (primary N) is 1. The summed E-state index contributed by atoms with van der Waals surface area (Å²) < 4.78 is 43.9. The number of nitrogens with one attached hydrogen (secondary N) is 1. The summed E-state index contributed by atoms with van der Waals surface area (Å²) in [6, 6.07) is 0. The smallest absolute Gasteiger partial charge is 0.370 e. The highest BCUT2D eigenvalue weighted by Gasteiger charge is 2.27. The molecule has 0 aliphatic rings. The van der Waals surface area contributed by atoms with Gasteiger partial charge in [0.1, 0.15) is 13.2 Å². The van der Waals surface area contributed by atoms with Crippen LogP contribution in [0.15, 0.2) is 0 Å². The normalized spacial score (nSPS) is 11.5. The minimum atomic E-state index is -4.34. The maximum absolute atomic E-state index is 11.6. The molecule has 0 radical (unpaired) electrons. The number of alkyl halides is 3. The third kappa shape index (κ3) is 11.2. The Bertz CT molecular complexity index is 199. The molecule has 8 heteroatoms. The standard InChI is InChI=1S/C8H15F3N2O3/c9-8(10,11)6-16-4-2-13-7(14)5-15-3-1-12/h1-6,12H2,(H,13,14). The average molecular weight is 244 g/mol. The highest BCUT2D eigenvalue weighted by Crippen LogP contribution is 2.13. The van der Waals surface area contributed by atoms with Gasteiger partial charge in [0.05, 0.1) is 13.2 Å². The SMILES string of the molecule is NCCOCC(=O)NCCOCC(F)(F)F. The van der Waals surface area contributed by atoms with Crippen LogP contribution in [0.1, 0.15) is 0 Å². The van der Waals surface area contributed by atoms with Gasteiger partial charge in [-0.2, -0.15) is 13.2 Å². The van der Waals surface area contributed by atoms with Crippen molar-refractivity contribution in [3.8, 4) is 0 Å². The molecule has 1 amide bonds. The minimum absolute atomic E-state index is 0.0148. The number of hydrogen-bond acceptors (Lipinski definition) is 4. The van der Waals surface area contributed by atoms with Crippen molar-refractivity contribution in [3.63, 3.8) is 0 Å². The molecule has 0 fully saturated rings. The van der Waals surface area contributed by atoms with E-state index in [9.17, 15) is 18.0 Å². The van der Waals surface area contributed by atoms with Crippen LogP contribution in [0.4, 0.5) is 13.2 Å². The van der Waals surface area contributed by atoms with E-state index in [0.717, 1.165) is 0 Å². The quantitative estimate of drug-likeness (QED) is 0.573. The third-order valence-corrected chi connectivity index (χ3v) is 1.33. The van der Waals surface area contributed by atoms with Crippen LogP contribution in [0.25, 0.3) is 0 Å². The molecule has 0 aliphatic carbocycles. The minimum Gasteiger partial charge on any atom is -0.370 e. The van der Waals surface area contributed by atoms with Gasteiger partial charge in [0.25, 0.3) is 0 Å². The number of ether oxygens (including phenoxy) is 2. The lowest BCUT2D eigenvalue weighted by Gasteiger charge is -2.08. The predicted octanol–water partition coefficient (Wildman–Crippen LogP) is -0.343. The van der Waals surface area contributed by atoms with E-state index < -0.39 is 18.7 Å². The van der Waals surface area contributed by atoms with Crippen molar-refractivity contribution in [3.05, 3.63) is 0 Å². The zero-order chi connectivity index (χ0) is 12.4. The largest absolute Gasteiger partial charge is 0.411 e. The van der Waals surface area contributed by atoms with Crippen molar-refractivity contribution in [1.29, 1.82) is 0 Å². The zero-order valence-corrected chi connectivity index (χ0v) is 8.68. The Morgan fingerprint density at radius 2 is 1.94 bits per heavy atom. The molecular formula is C8H15F3N2O3. The van der Waals surface area contributed by atoms with Crippen LogP contribution >= 0.6 is 0 Å². The van der Waals surface area contributed by atoms with Crippen molar-refractivity contribution < 1.29 is 27.4 Å². The molecule has 3 N–H and O–H groups in total. The second-order valence-electron chi connectivity index (χ2n) is 2.86. The summed E-state index contributed by atoms with van der Waals surface area (Å²) in [6.07, 6.45) is -4.34. The molecule has 0 aromatic heterocycles. The first-order valence-electron chi connectivity index (χ1n) is 4.64.